The van der Waals surface area contributed by atoms with Crippen LogP contribution in [0.25, 0.3) is 0 Å². The van der Waals surface area contributed by atoms with Crippen LogP contribution in [-0.2, 0) is 10.2 Å². The van der Waals surface area contributed by atoms with Crippen molar-refractivity contribution in [2.45, 2.75) is 51.0 Å². The Labute approximate surface area is 150 Å². The van der Waals surface area contributed by atoms with Gasteiger partial charge in [-0.3, -0.25) is 4.79 Å². The number of rotatable bonds is 5. The molecule has 0 spiro atoms. The van der Waals surface area contributed by atoms with E-state index in [1.807, 2.05) is 15.9 Å². The second kappa shape index (κ2) is 7.46. The maximum Gasteiger partial charge on any atom is 0.317 e. The topological polar surface area (TPSA) is 52.7 Å². The van der Waals surface area contributed by atoms with Gasteiger partial charge in [0.05, 0.1) is 6.04 Å². The standard InChI is InChI=1S/C20H29N3O2/c1-20(2,16-7-4-3-5-8-16)11-10-18(24)22-13-6-9-17(15-22)23-14-12-21-19(23)25/h3-5,7-8,17H,6,9-15H2,1-2H3,(H,21,25). The van der Waals surface area contributed by atoms with Crippen molar-refractivity contribution < 1.29 is 9.59 Å². The van der Waals surface area contributed by atoms with Crippen molar-refractivity contribution >= 4 is 11.9 Å². The summed E-state index contributed by atoms with van der Waals surface area (Å²) < 4.78 is 0. The van der Waals surface area contributed by atoms with E-state index in [4.69, 9.17) is 0 Å². The third-order valence-corrected chi connectivity index (χ3v) is 5.60. The fourth-order valence-electron chi connectivity index (χ4n) is 3.88. The molecule has 1 N–H and O–H groups in total. The van der Waals surface area contributed by atoms with Crippen LogP contribution >= 0.6 is 0 Å². The smallest absolute Gasteiger partial charge is 0.317 e. The van der Waals surface area contributed by atoms with Crippen LogP contribution in [-0.4, -0.2) is 54.0 Å². The third kappa shape index (κ3) is 4.14. The van der Waals surface area contributed by atoms with E-state index < -0.39 is 0 Å². The fraction of sp³-hybridized carbons (Fsp3) is 0.600. The van der Waals surface area contributed by atoms with Gasteiger partial charge >= 0.3 is 6.03 Å². The molecule has 3 rings (SSSR count). The van der Waals surface area contributed by atoms with Gasteiger partial charge in [0.1, 0.15) is 0 Å². The molecular weight excluding hydrogens is 314 g/mol. The molecule has 0 radical (unpaired) electrons. The minimum Gasteiger partial charge on any atom is -0.341 e. The van der Waals surface area contributed by atoms with Crippen LogP contribution in [0.4, 0.5) is 4.79 Å². The van der Waals surface area contributed by atoms with Crippen LogP contribution in [0.5, 0.6) is 0 Å². The van der Waals surface area contributed by atoms with E-state index in [1.54, 1.807) is 0 Å². The maximum absolute atomic E-state index is 12.7. The molecule has 0 aliphatic carbocycles. The molecular formula is C20H29N3O2. The van der Waals surface area contributed by atoms with Gasteiger partial charge in [-0.1, -0.05) is 44.2 Å². The van der Waals surface area contributed by atoms with Crippen molar-refractivity contribution in [2.75, 3.05) is 26.2 Å². The van der Waals surface area contributed by atoms with Crippen LogP contribution in [0.1, 0.15) is 45.1 Å². The van der Waals surface area contributed by atoms with Gasteiger partial charge in [0.15, 0.2) is 0 Å². The normalized spacial score (nSPS) is 21.4. The van der Waals surface area contributed by atoms with Crippen molar-refractivity contribution in [1.29, 1.82) is 0 Å². The highest BCUT2D eigenvalue weighted by molar-refractivity contribution is 5.78. The first-order valence-corrected chi connectivity index (χ1v) is 9.35. The predicted octanol–water partition coefficient (Wildman–Crippen LogP) is 2.76. The first-order chi connectivity index (χ1) is 12.0. The van der Waals surface area contributed by atoms with Crippen molar-refractivity contribution in [1.82, 2.24) is 15.1 Å². The number of benzene rings is 1. The number of nitrogens with zero attached hydrogens (tertiary/aromatic N) is 2. The second-order valence-corrected chi connectivity index (χ2v) is 7.81. The lowest BCUT2D eigenvalue weighted by Gasteiger charge is -2.37. The van der Waals surface area contributed by atoms with Gasteiger partial charge in [-0.2, -0.15) is 0 Å². The van der Waals surface area contributed by atoms with Gasteiger partial charge in [-0.15, -0.1) is 0 Å². The van der Waals surface area contributed by atoms with E-state index in [2.05, 4.69) is 43.4 Å². The van der Waals surface area contributed by atoms with Gasteiger partial charge in [-0.05, 0) is 30.2 Å². The Morgan fingerprint density at radius 2 is 2.00 bits per heavy atom. The monoisotopic (exact) mass is 343 g/mol. The number of likely N-dealkylation sites (tertiary alicyclic amines) is 1. The SMILES string of the molecule is CC(C)(CCC(=O)N1CCCC(N2CCNC2=O)C1)c1ccccc1. The molecule has 3 amide bonds. The van der Waals surface area contributed by atoms with Crippen molar-refractivity contribution in [3.05, 3.63) is 35.9 Å². The number of carbonyl (C=O) groups is 2. The number of carbonyl (C=O) groups excluding carboxylic acids is 2. The number of nitrogens with one attached hydrogen (secondary N) is 1. The highest BCUT2D eigenvalue weighted by atomic mass is 16.2. The lowest BCUT2D eigenvalue weighted by atomic mass is 9.80. The number of amides is 3. The zero-order valence-electron chi connectivity index (χ0n) is 15.3. The summed E-state index contributed by atoms with van der Waals surface area (Å²) in [4.78, 5) is 28.5. The Morgan fingerprint density at radius 3 is 2.68 bits per heavy atom. The summed E-state index contributed by atoms with van der Waals surface area (Å²) in [6, 6.07) is 10.6. The van der Waals surface area contributed by atoms with Crippen LogP contribution in [0.3, 0.4) is 0 Å². The van der Waals surface area contributed by atoms with Crippen LogP contribution in [0.2, 0.25) is 0 Å². The Kier molecular flexibility index (Phi) is 5.30. The molecule has 2 fully saturated rings. The van der Waals surface area contributed by atoms with Gasteiger partial charge in [0, 0.05) is 32.6 Å². The van der Waals surface area contributed by atoms with E-state index >= 15 is 0 Å². The van der Waals surface area contributed by atoms with Gasteiger partial charge in [-0.25, -0.2) is 4.79 Å². The molecule has 136 valence electrons. The van der Waals surface area contributed by atoms with Gasteiger partial charge in [0.2, 0.25) is 5.91 Å². The summed E-state index contributed by atoms with van der Waals surface area (Å²) in [7, 11) is 0. The molecule has 5 nitrogen and oxygen atoms in total. The maximum atomic E-state index is 12.7. The molecule has 2 aliphatic heterocycles. The molecule has 5 heteroatoms. The predicted molar refractivity (Wildman–Crippen MR) is 98.4 cm³/mol. The Hall–Kier alpha value is -2.04. The minimum atomic E-state index is -0.0129. The number of piperidine rings is 1. The highest BCUT2D eigenvalue weighted by Crippen LogP contribution is 2.29. The molecule has 0 saturated carbocycles. The highest BCUT2D eigenvalue weighted by Gasteiger charge is 2.33. The van der Waals surface area contributed by atoms with Crippen molar-refractivity contribution in [3.8, 4) is 0 Å². The molecule has 1 unspecified atom stereocenters. The van der Waals surface area contributed by atoms with Crippen molar-refractivity contribution in [3.63, 3.8) is 0 Å². The molecule has 2 heterocycles. The molecule has 2 saturated heterocycles. The van der Waals surface area contributed by atoms with Gasteiger partial charge in [0.25, 0.3) is 0 Å². The largest absolute Gasteiger partial charge is 0.341 e. The zero-order valence-corrected chi connectivity index (χ0v) is 15.3. The Morgan fingerprint density at radius 1 is 1.24 bits per heavy atom. The fourth-order valence-corrected chi connectivity index (χ4v) is 3.88. The van der Waals surface area contributed by atoms with E-state index in [0.717, 1.165) is 32.4 Å². The molecule has 1 aromatic carbocycles. The summed E-state index contributed by atoms with van der Waals surface area (Å²) >= 11 is 0. The van der Waals surface area contributed by atoms with E-state index in [-0.39, 0.29) is 23.4 Å². The number of hydrogen-bond acceptors (Lipinski definition) is 2. The number of urea groups is 1. The minimum absolute atomic E-state index is 0.0129. The van der Waals surface area contributed by atoms with E-state index in [9.17, 15) is 9.59 Å². The van der Waals surface area contributed by atoms with Crippen LogP contribution in [0, 0.1) is 0 Å². The zero-order chi connectivity index (χ0) is 17.9. The van der Waals surface area contributed by atoms with E-state index in [1.165, 1.54) is 5.56 Å². The summed E-state index contributed by atoms with van der Waals surface area (Å²) in [5, 5.41) is 2.86. The summed E-state index contributed by atoms with van der Waals surface area (Å²) in [6.07, 6.45) is 3.36. The first-order valence-electron chi connectivity index (χ1n) is 9.35. The summed E-state index contributed by atoms with van der Waals surface area (Å²) in [5.41, 5.74) is 1.26. The molecule has 2 aliphatic rings. The first kappa shape index (κ1) is 17.8. The molecule has 1 atom stereocenters. The average Bonchev–Trinajstić information content (AvgIpc) is 3.06. The molecule has 25 heavy (non-hydrogen) atoms. The average molecular weight is 343 g/mol. The van der Waals surface area contributed by atoms with Crippen molar-refractivity contribution in [2.24, 2.45) is 0 Å². The van der Waals surface area contributed by atoms with Gasteiger partial charge < -0.3 is 15.1 Å². The second-order valence-electron chi connectivity index (χ2n) is 7.81. The Bertz CT molecular complexity index is 615. The van der Waals surface area contributed by atoms with Crippen LogP contribution < -0.4 is 5.32 Å². The molecule has 1 aromatic rings. The number of hydrogen-bond donors (Lipinski definition) is 1. The van der Waals surface area contributed by atoms with Crippen LogP contribution in [0.15, 0.2) is 30.3 Å². The summed E-state index contributed by atoms with van der Waals surface area (Å²) in [5.74, 6) is 0.216. The molecule has 0 aromatic heterocycles. The lowest BCUT2D eigenvalue weighted by molar-refractivity contribution is -0.133. The lowest BCUT2D eigenvalue weighted by Crippen LogP contribution is -2.50. The third-order valence-electron chi connectivity index (χ3n) is 5.60. The van der Waals surface area contributed by atoms with E-state index in [0.29, 0.717) is 19.5 Å². The molecule has 0 bridgehead atoms. The Balaban J connectivity index is 1.55. The summed E-state index contributed by atoms with van der Waals surface area (Å²) in [6.45, 7) is 7.36. The quantitative estimate of drug-likeness (QED) is 0.894.